The van der Waals surface area contributed by atoms with E-state index in [9.17, 15) is 4.39 Å². The van der Waals surface area contributed by atoms with Gasteiger partial charge < -0.3 is 0 Å². The van der Waals surface area contributed by atoms with E-state index >= 15 is 0 Å². The van der Waals surface area contributed by atoms with Crippen LogP contribution in [0.25, 0.3) is 11.3 Å². The standard InChI is InChI=1S/C21H24FN/c1-2-16-3-5-17(6-4-16)7-8-18-9-14-21(23-15-18)19-10-12-20(22)13-11-19/h2,9-17H,1,3-8H2/t16-,17-. The van der Waals surface area contributed by atoms with E-state index in [1.165, 1.54) is 49.8 Å². The van der Waals surface area contributed by atoms with Gasteiger partial charge >= 0.3 is 0 Å². The van der Waals surface area contributed by atoms with Crippen molar-refractivity contribution >= 4 is 0 Å². The molecule has 0 N–H and O–H groups in total. The molecule has 0 unspecified atom stereocenters. The Balaban J connectivity index is 1.54. The van der Waals surface area contributed by atoms with Gasteiger partial charge in [0, 0.05) is 11.8 Å². The van der Waals surface area contributed by atoms with Gasteiger partial charge in [-0.3, -0.25) is 4.98 Å². The topological polar surface area (TPSA) is 12.9 Å². The zero-order valence-electron chi connectivity index (χ0n) is 13.5. The van der Waals surface area contributed by atoms with Crippen LogP contribution in [0.1, 0.15) is 37.7 Å². The Morgan fingerprint density at radius 2 is 1.78 bits per heavy atom. The largest absolute Gasteiger partial charge is 0.256 e. The smallest absolute Gasteiger partial charge is 0.123 e. The van der Waals surface area contributed by atoms with E-state index in [-0.39, 0.29) is 5.82 Å². The lowest BCUT2D eigenvalue weighted by Crippen LogP contribution is -2.13. The molecule has 1 fully saturated rings. The molecule has 1 aliphatic carbocycles. The number of hydrogen-bond donors (Lipinski definition) is 0. The van der Waals surface area contributed by atoms with Crippen molar-refractivity contribution in [3.05, 3.63) is 66.6 Å². The maximum Gasteiger partial charge on any atom is 0.123 e. The van der Waals surface area contributed by atoms with E-state index in [4.69, 9.17) is 0 Å². The number of halogens is 1. The number of aromatic nitrogens is 1. The van der Waals surface area contributed by atoms with Crippen LogP contribution >= 0.6 is 0 Å². The minimum atomic E-state index is -0.212. The van der Waals surface area contributed by atoms with Gasteiger partial charge in [-0.25, -0.2) is 4.39 Å². The molecule has 1 heterocycles. The van der Waals surface area contributed by atoms with Gasteiger partial charge in [0.15, 0.2) is 0 Å². The summed E-state index contributed by atoms with van der Waals surface area (Å²) in [4.78, 5) is 4.53. The molecular weight excluding hydrogens is 285 g/mol. The van der Waals surface area contributed by atoms with Crippen LogP contribution in [-0.4, -0.2) is 4.98 Å². The number of allylic oxidation sites excluding steroid dienone is 1. The van der Waals surface area contributed by atoms with Crippen LogP contribution in [-0.2, 0) is 6.42 Å². The van der Waals surface area contributed by atoms with E-state index in [0.29, 0.717) is 0 Å². The Hall–Kier alpha value is -1.96. The summed E-state index contributed by atoms with van der Waals surface area (Å²) >= 11 is 0. The molecule has 1 saturated carbocycles. The second-order valence-corrected chi connectivity index (χ2v) is 6.61. The zero-order valence-corrected chi connectivity index (χ0v) is 13.5. The quantitative estimate of drug-likeness (QED) is 0.635. The monoisotopic (exact) mass is 309 g/mol. The summed E-state index contributed by atoms with van der Waals surface area (Å²) in [6, 6.07) is 10.7. The second kappa shape index (κ2) is 7.54. The molecule has 2 heteroatoms. The summed E-state index contributed by atoms with van der Waals surface area (Å²) in [6.07, 6.45) is 11.7. The van der Waals surface area contributed by atoms with Crippen LogP contribution in [0.15, 0.2) is 55.3 Å². The van der Waals surface area contributed by atoms with Crippen molar-refractivity contribution in [2.45, 2.75) is 38.5 Å². The zero-order chi connectivity index (χ0) is 16.1. The lowest BCUT2D eigenvalue weighted by Gasteiger charge is -2.26. The lowest BCUT2D eigenvalue weighted by molar-refractivity contribution is 0.296. The van der Waals surface area contributed by atoms with Gasteiger partial charge in [0.2, 0.25) is 0 Å². The van der Waals surface area contributed by atoms with Gasteiger partial charge in [0.25, 0.3) is 0 Å². The first-order valence-corrected chi connectivity index (χ1v) is 8.58. The number of aryl methyl sites for hydroxylation is 1. The first kappa shape index (κ1) is 15.9. The highest BCUT2D eigenvalue weighted by Crippen LogP contribution is 2.32. The Labute approximate surface area is 138 Å². The molecule has 1 aromatic heterocycles. The summed E-state index contributed by atoms with van der Waals surface area (Å²) < 4.78 is 13.0. The van der Waals surface area contributed by atoms with Gasteiger partial charge in [0.1, 0.15) is 5.82 Å². The van der Waals surface area contributed by atoms with Crippen molar-refractivity contribution in [3.63, 3.8) is 0 Å². The maximum atomic E-state index is 13.0. The number of hydrogen-bond acceptors (Lipinski definition) is 1. The lowest BCUT2D eigenvalue weighted by atomic mass is 9.80. The Morgan fingerprint density at radius 1 is 1.04 bits per heavy atom. The molecule has 0 saturated heterocycles. The third-order valence-corrected chi connectivity index (χ3v) is 5.03. The highest BCUT2D eigenvalue weighted by Gasteiger charge is 2.18. The maximum absolute atomic E-state index is 13.0. The van der Waals surface area contributed by atoms with Crippen molar-refractivity contribution in [2.75, 3.05) is 0 Å². The molecule has 0 amide bonds. The van der Waals surface area contributed by atoms with Crippen LogP contribution < -0.4 is 0 Å². The number of pyridine rings is 1. The van der Waals surface area contributed by atoms with E-state index in [1.807, 2.05) is 12.3 Å². The van der Waals surface area contributed by atoms with Crippen molar-refractivity contribution in [3.8, 4) is 11.3 Å². The average molecular weight is 309 g/mol. The highest BCUT2D eigenvalue weighted by molar-refractivity contribution is 5.58. The molecule has 0 spiro atoms. The average Bonchev–Trinajstić information content (AvgIpc) is 2.61. The molecule has 0 aliphatic heterocycles. The molecule has 2 aromatic rings. The van der Waals surface area contributed by atoms with Crippen LogP contribution in [0.5, 0.6) is 0 Å². The Kier molecular flexibility index (Phi) is 5.22. The van der Waals surface area contributed by atoms with Gasteiger partial charge in [-0.2, -0.15) is 0 Å². The third-order valence-electron chi connectivity index (χ3n) is 5.03. The summed E-state index contributed by atoms with van der Waals surface area (Å²) in [5.74, 6) is 1.38. The fraction of sp³-hybridized carbons (Fsp3) is 0.381. The predicted octanol–water partition coefficient (Wildman–Crippen LogP) is 5.81. The summed E-state index contributed by atoms with van der Waals surface area (Å²) in [7, 11) is 0. The Morgan fingerprint density at radius 3 is 2.39 bits per heavy atom. The normalized spacial score (nSPS) is 21.1. The van der Waals surface area contributed by atoms with Gasteiger partial charge in [0.05, 0.1) is 5.69 Å². The van der Waals surface area contributed by atoms with Crippen LogP contribution in [0.2, 0.25) is 0 Å². The number of benzene rings is 1. The molecule has 0 atom stereocenters. The van der Waals surface area contributed by atoms with E-state index in [0.717, 1.165) is 29.5 Å². The minimum Gasteiger partial charge on any atom is -0.256 e. The van der Waals surface area contributed by atoms with Gasteiger partial charge in [-0.15, -0.1) is 6.58 Å². The van der Waals surface area contributed by atoms with Crippen LogP contribution in [0, 0.1) is 17.7 Å². The van der Waals surface area contributed by atoms with Gasteiger partial charge in [-0.05, 0) is 86.3 Å². The highest BCUT2D eigenvalue weighted by atomic mass is 19.1. The molecule has 23 heavy (non-hydrogen) atoms. The number of rotatable bonds is 5. The first-order chi connectivity index (χ1) is 11.2. The Bertz CT molecular complexity index is 622. The van der Waals surface area contributed by atoms with Crippen molar-refractivity contribution < 1.29 is 4.39 Å². The minimum absolute atomic E-state index is 0.212. The first-order valence-electron chi connectivity index (χ1n) is 8.58. The van der Waals surface area contributed by atoms with Crippen molar-refractivity contribution in [2.24, 2.45) is 11.8 Å². The van der Waals surface area contributed by atoms with Crippen LogP contribution in [0.3, 0.4) is 0 Å². The predicted molar refractivity (Wildman–Crippen MR) is 93.6 cm³/mol. The fourth-order valence-corrected chi connectivity index (χ4v) is 3.45. The molecule has 1 aliphatic rings. The van der Waals surface area contributed by atoms with Gasteiger partial charge in [-0.1, -0.05) is 12.1 Å². The summed E-state index contributed by atoms with van der Waals surface area (Å²) in [6.45, 7) is 3.91. The van der Waals surface area contributed by atoms with E-state index in [2.05, 4.69) is 23.7 Å². The number of nitrogens with zero attached hydrogens (tertiary/aromatic N) is 1. The van der Waals surface area contributed by atoms with Crippen LogP contribution in [0.4, 0.5) is 4.39 Å². The molecule has 3 rings (SSSR count). The third kappa shape index (κ3) is 4.28. The molecular formula is C21H24FN. The second-order valence-electron chi connectivity index (χ2n) is 6.61. The molecule has 1 nitrogen and oxygen atoms in total. The fourth-order valence-electron chi connectivity index (χ4n) is 3.45. The SMILES string of the molecule is C=C[C@H]1CC[C@H](CCc2ccc(-c3ccc(F)cc3)nc2)CC1. The van der Waals surface area contributed by atoms with Crippen molar-refractivity contribution in [1.29, 1.82) is 0 Å². The van der Waals surface area contributed by atoms with Crippen molar-refractivity contribution in [1.82, 2.24) is 4.98 Å². The summed E-state index contributed by atoms with van der Waals surface area (Å²) in [5, 5.41) is 0. The molecule has 0 radical (unpaired) electrons. The van der Waals surface area contributed by atoms with E-state index < -0.39 is 0 Å². The summed E-state index contributed by atoms with van der Waals surface area (Å²) in [5.41, 5.74) is 3.16. The molecule has 0 bridgehead atoms. The van der Waals surface area contributed by atoms with E-state index in [1.54, 1.807) is 12.1 Å². The molecule has 1 aromatic carbocycles. The molecule has 120 valence electrons.